The molecule has 0 unspecified atom stereocenters. The summed E-state index contributed by atoms with van der Waals surface area (Å²) in [5, 5.41) is 4.22. The lowest BCUT2D eigenvalue weighted by molar-refractivity contribution is 0.0996. The first-order valence-corrected chi connectivity index (χ1v) is 4.46. The van der Waals surface area contributed by atoms with E-state index in [1.54, 1.807) is 4.68 Å². The van der Waals surface area contributed by atoms with Crippen LogP contribution >= 0.6 is 0 Å². The monoisotopic (exact) mass is 205 g/mol. The lowest BCUT2D eigenvalue weighted by Gasteiger charge is -2.01. The maximum absolute atomic E-state index is 11.1. The number of aromatic nitrogens is 4. The second-order valence-electron chi connectivity index (χ2n) is 3.30. The molecule has 78 valence electrons. The Morgan fingerprint density at radius 1 is 1.53 bits per heavy atom. The molecule has 15 heavy (non-hydrogen) atoms. The third-order valence-corrected chi connectivity index (χ3v) is 2.08. The van der Waals surface area contributed by atoms with Crippen molar-refractivity contribution in [3.63, 3.8) is 0 Å². The van der Waals surface area contributed by atoms with Gasteiger partial charge in [0, 0.05) is 5.69 Å². The number of aryl methyl sites for hydroxylation is 2. The summed E-state index contributed by atoms with van der Waals surface area (Å²) in [6, 6.07) is 1.90. The molecule has 0 fully saturated rings. The topological polar surface area (TPSA) is 89.6 Å². The van der Waals surface area contributed by atoms with Crippen molar-refractivity contribution in [2.24, 2.45) is 5.73 Å². The van der Waals surface area contributed by atoms with Gasteiger partial charge in [0.15, 0.2) is 11.5 Å². The van der Waals surface area contributed by atoms with Crippen molar-refractivity contribution in [3.8, 4) is 5.82 Å². The van der Waals surface area contributed by atoms with Crippen molar-refractivity contribution in [1.82, 2.24) is 19.7 Å². The van der Waals surface area contributed by atoms with Gasteiger partial charge in [-0.3, -0.25) is 4.79 Å². The van der Waals surface area contributed by atoms with Crippen molar-refractivity contribution < 1.29 is 4.79 Å². The van der Waals surface area contributed by atoms with Crippen molar-refractivity contribution in [2.45, 2.75) is 13.8 Å². The second-order valence-corrected chi connectivity index (χ2v) is 3.30. The molecule has 0 saturated heterocycles. The first-order valence-electron chi connectivity index (χ1n) is 4.46. The molecule has 2 aromatic rings. The zero-order valence-electron chi connectivity index (χ0n) is 8.48. The zero-order chi connectivity index (χ0) is 11.0. The van der Waals surface area contributed by atoms with Crippen molar-refractivity contribution in [3.05, 3.63) is 29.5 Å². The molecule has 2 rings (SSSR count). The molecular formula is C9H11N5O. The number of carbonyl (C=O) groups excluding carboxylic acids is 1. The molecule has 0 aliphatic rings. The van der Waals surface area contributed by atoms with Crippen LogP contribution in [0.4, 0.5) is 0 Å². The number of amides is 1. The Morgan fingerprint density at radius 2 is 2.27 bits per heavy atom. The molecule has 1 amide bonds. The van der Waals surface area contributed by atoms with E-state index in [9.17, 15) is 4.79 Å². The van der Waals surface area contributed by atoms with Crippen LogP contribution < -0.4 is 5.73 Å². The van der Waals surface area contributed by atoms with E-state index in [1.807, 2.05) is 19.9 Å². The first kappa shape index (κ1) is 9.45. The van der Waals surface area contributed by atoms with E-state index in [2.05, 4.69) is 15.1 Å². The maximum atomic E-state index is 11.1. The van der Waals surface area contributed by atoms with Crippen LogP contribution in [0.1, 0.15) is 21.9 Å². The maximum Gasteiger partial charge on any atom is 0.269 e. The van der Waals surface area contributed by atoms with Crippen LogP contribution in [0.15, 0.2) is 12.4 Å². The fraction of sp³-hybridized carbons (Fsp3) is 0.222. The molecule has 6 nitrogen and oxygen atoms in total. The largest absolute Gasteiger partial charge is 0.364 e. The standard InChI is InChI=1S/C9H11N5O/c1-5-3-6(2)14(13-5)9-7(8(10)15)11-4-12-9/h3-4H,1-2H3,(H2,10,15)(H,11,12). The van der Waals surface area contributed by atoms with E-state index in [0.717, 1.165) is 11.4 Å². The third-order valence-electron chi connectivity index (χ3n) is 2.08. The molecule has 0 atom stereocenters. The van der Waals surface area contributed by atoms with Gasteiger partial charge in [-0.2, -0.15) is 5.10 Å². The zero-order valence-corrected chi connectivity index (χ0v) is 8.48. The van der Waals surface area contributed by atoms with Crippen LogP contribution in [0, 0.1) is 13.8 Å². The average Bonchev–Trinajstić information content (AvgIpc) is 2.71. The number of nitrogens with zero attached hydrogens (tertiary/aromatic N) is 3. The predicted octanol–water partition coefficient (Wildman–Crippen LogP) is 0.311. The summed E-state index contributed by atoms with van der Waals surface area (Å²) < 4.78 is 1.59. The molecule has 3 N–H and O–H groups in total. The highest BCUT2D eigenvalue weighted by atomic mass is 16.1. The summed E-state index contributed by atoms with van der Waals surface area (Å²) >= 11 is 0. The summed E-state index contributed by atoms with van der Waals surface area (Å²) in [6.07, 6.45) is 1.42. The van der Waals surface area contributed by atoms with Crippen LogP contribution in [0.25, 0.3) is 5.82 Å². The number of hydrogen-bond acceptors (Lipinski definition) is 3. The van der Waals surface area contributed by atoms with Gasteiger partial charge < -0.3 is 10.7 Å². The molecule has 0 aromatic carbocycles. The Bertz CT molecular complexity index is 510. The molecule has 2 heterocycles. The quantitative estimate of drug-likeness (QED) is 0.739. The van der Waals surface area contributed by atoms with Gasteiger partial charge >= 0.3 is 0 Å². The highest BCUT2D eigenvalue weighted by Crippen LogP contribution is 2.12. The van der Waals surface area contributed by atoms with Crippen molar-refractivity contribution in [1.29, 1.82) is 0 Å². The van der Waals surface area contributed by atoms with Crippen LogP contribution in [0.3, 0.4) is 0 Å². The van der Waals surface area contributed by atoms with E-state index < -0.39 is 5.91 Å². The Balaban J connectivity index is 2.58. The molecule has 6 heteroatoms. The molecule has 0 aliphatic carbocycles. The van der Waals surface area contributed by atoms with Gasteiger partial charge in [0.05, 0.1) is 12.0 Å². The summed E-state index contributed by atoms with van der Waals surface area (Å²) in [5.41, 5.74) is 7.24. The number of rotatable bonds is 2. The van der Waals surface area contributed by atoms with E-state index in [0.29, 0.717) is 5.82 Å². The second kappa shape index (κ2) is 3.23. The van der Waals surface area contributed by atoms with E-state index in [-0.39, 0.29) is 5.69 Å². The summed E-state index contributed by atoms with van der Waals surface area (Å²) in [6.45, 7) is 3.76. The normalized spacial score (nSPS) is 10.5. The van der Waals surface area contributed by atoms with Crippen LogP contribution in [0.5, 0.6) is 0 Å². The fourth-order valence-corrected chi connectivity index (χ4v) is 1.47. The Labute approximate surface area is 86.1 Å². The molecule has 0 bridgehead atoms. The van der Waals surface area contributed by atoms with Gasteiger partial charge in [-0.15, -0.1) is 0 Å². The van der Waals surface area contributed by atoms with E-state index in [1.165, 1.54) is 6.33 Å². The average molecular weight is 205 g/mol. The molecule has 0 saturated carbocycles. The Morgan fingerprint density at radius 3 is 2.80 bits per heavy atom. The smallest absolute Gasteiger partial charge is 0.269 e. The molecule has 0 radical (unpaired) electrons. The molecule has 0 spiro atoms. The van der Waals surface area contributed by atoms with Gasteiger partial charge in [0.1, 0.15) is 0 Å². The van der Waals surface area contributed by atoms with Gasteiger partial charge in [0.25, 0.3) is 5.91 Å². The number of carbonyl (C=O) groups is 1. The van der Waals surface area contributed by atoms with Gasteiger partial charge in [-0.1, -0.05) is 0 Å². The summed E-state index contributed by atoms with van der Waals surface area (Å²) in [7, 11) is 0. The highest BCUT2D eigenvalue weighted by molar-refractivity contribution is 5.93. The van der Waals surface area contributed by atoms with E-state index in [4.69, 9.17) is 5.73 Å². The minimum Gasteiger partial charge on any atom is -0.364 e. The van der Waals surface area contributed by atoms with Crippen LogP contribution in [-0.2, 0) is 0 Å². The minimum atomic E-state index is -0.546. The number of nitrogens with two attached hydrogens (primary N) is 1. The van der Waals surface area contributed by atoms with Gasteiger partial charge in [0.2, 0.25) is 0 Å². The number of hydrogen-bond donors (Lipinski definition) is 2. The number of H-pyrrole nitrogens is 1. The van der Waals surface area contributed by atoms with Crippen LogP contribution in [-0.4, -0.2) is 25.7 Å². The fourth-order valence-electron chi connectivity index (χ4n) is 1.47. The first-order chi connectivity index (χ1) is 7.09. The van der Waals surface area contributed by atoms with Crippen molar-refractivity contribution >= 4 is 5.91 Å². The minimum absolute atomic E-state index is 0.265. The molecular weight excluding hydrogens is 194 g/mol. The number of nitrogens with one attached hydrogen (secondary N) is 1. The predicted molar refractivity (Wildman–Crippen MR) is 53.7 cm³/mol. The Hall–Kier alpha value is -2.11. The van der Waals surface area contributed by atoms with Gasteiger partial charge in [-0.05, 0) is 19.9 Å². The van der Waals surface area contributed by atoms with Crippen molar-refractivity contribution in [2.75, 3.05) is 0 Å². The summed E-state index contributed by atoms with van der Waals surface area (Å²) in [5.74, 6) is -0.108. The number of aromatic amines is 1. The lowest BCUT2D eigenvalue weighted by atomic mass is 10.4. The lowest BCUT2D eigenvalue weighted by Crippen LogP contribution is -2.15. The SMILES string of the molecule is Cc1cc(C)n(-c2nc[nH]c2C(N)=O)n1. The third kappa shape index (κ3) is 1.50. The van der Waals surface area contributed by atoms with Crippen LogP contribution in [0.2, 0.25) is 0 Å². The molecule has 0 aliphatic heterocycles. The number of primary amides is 1. The van der Waals surface area contributed by atoms with E-state index >= 15 is 0 Å². The van der Waals surface area contributed by atoms with Gasteiger partial charge in [-0.25, -0.2) is 9.67 Å². The number of imidazole rings is 1. The highest BCUT2D eigenvalue weighted by Gasteiger charge is 2.15. The molecule has 2 aromatic heterocycles. The Kier molecular flexibility index (Phi) is 2.03. The summed E-state index contributed by atoms with van der Waals surface area (Å²) in [4.78, 5) is 17.8.